The lowest BCUT2D eigenvalue weighted by atomic mass is 10.2. The predicted octanol–water partition coefficient (Wildman–Crippen LogP) is 1.26. The largest absolute Gasteiger partial charge is 0.417 e. The number of hydrogen-bond donors (Lipinski definition) is 1. The Labute approximate surface area is 93.0 Å². The van der Waals surface area contributed by atoms with Crippen LogP contribution in [0.15, 0.2) is 23.1 Å². The van der Waals surface area contributed by atoms with Crippen molar-refractivity contribution in [2.45, 2.75) is 11.1 Å². The maximum atomic E-state index is 12.5. The molecule has 17 heavy (non-hydrogen) atoms. The van der Waals surface area contributed by atoms with Crippen LogP contribution < -0.4 is 5.14 Å². The van der Waals surface area contributed by atoms with Crippen LogP contribution in [0.2, 0.25) is 0 Å². The van der Waals surface area contributed by atoms with Gasteiger partial charge in [0.15, 0.2) is 0 Å². The molecule has 0 unspecified atom stereocenters. The average Bonchev–Trinajstić information content (AvgIpc) is 2.14. The molecule has 0 fully saturated rings. The number of alkyl halides is 3. The lowest BCUT2D eigenvalue weighted by molar-refractivity contribution is -0.385. The summed E-state index contributed by atoms with van der Waals surface area (Å²) in [4.78, 5) is 8.03. The van der Waals surface area contributed by atoms with Gasteiger partial charge in [-0.05, 0) is 6.07 Å². The van der Waals surface area contributed by atoms with Crippen LogP contribution >= 0.6 is 0 Å². The highest BCUT2D eigenvalue weighted by Crippen LogP contribution is 2.35. The summed E-state index contributed by atoms with van der Waals surface area (Å²) in [6, 6.07) is 1.21. The molecule has 0 heterocycles. The molecule has 0 saturated carbocycles. The van der Waals surface area contributed by atoms with Gasteiger partial charge >= 0.3 is 6.18 Å². The Bertz CT molecular complexity index is 567. The summed E-state index contributed by atoms with van der Waals surface area (Å²) in [5.74, 6) is 0. The van der Waals surface area contributed by atoms with Crippen LogP contribution in [-0.2, 0) is 16.2 Å². The van der Waals surface area contributed by atoms with Crippen LogP contribution in [0.3, 0.4) is 0 Å². The SMILES string of the molecule is NS(=O)(=O)c1ccc([N+](=O)[O-])cc1C(F)(F)F. The van der Waals surface area contributed by atoms with E-state index in [9.17, 15) is 31.7 Å². The van der Waals surface area contributed by atoms with Crippen molar-refractivity contribution < 1.29 is 26.5 Å². The van der Waals surface area contributed by atoms with Crippen molar-refractivity contribution in [2.75, 3.05) is 0 Å². The summed E-state index contributed by atoms with van der Waals surface area (Å²) in [7, 11) is -4.60. The molecule has 0 aliphatic heterocycles. The maximum Gasteiger partial charge on any atom is 0.417 e. The van der Waals surface area contributed by atoms with Crippen molar-refractivity contribution >= 4 is 15.7 Å². The summed E-state index contributed by atoms with van der Waals surface area (Å²) in [5.41, 5.74) is -2.53. The van der Waals surface area contributed by atoms with Crippen molar-refractivity contribution in [1.82, 2.24) is 0 Å². The van der Waals surface area contributed by atoms with Crippen molar-refractivity contribution in [1.29, 1.82) is 0 Å². The van der Waals surface area contributed by atoms with E-state index in [1.165, 1.54) is 0 Å². The zero-order valence-electron chi connectivity index (χ0n) is 7.93. The molecule has 0 spiro atoms. The Morgan fingerprint density at radius 1 is 1.29 bits per heavy atom. The molecular weight excluding hydrogens is 265 g/mol. The molecule has 1 aromatic rings. The number of sulfonamides is 1. The number of halogens is 3. The summed E-state index contributed by atoms with van der Waals surface area (Å²) >= 11 is 0. The molecular formula is C7H5F3N2O4S. The fraction of sp³-hybridized carbons (Fsp3) is 0.143. The number of non-ortho nitro benzene ring substituents is 1. The monoisotopic (exact) mass is 270 g/mol. The molecule has 1 aromatic carbocycles. The van der Waals surface area contributed by atoms with Crippen LogP contribution in [0.1, 0.15) is 5.56 Å². The van der Waals surface area contributed by atoms with Gasteiger partial charge < -0.3 is 0 Å². The molecule has 0 atom stereocenters. The number of nitrogens with zero attached hydrogens (tertiary/aromatic N) is 1. The van der Waals surface area contributed by atoms with Crippen LogP contribution in [0.4, 0.5) is 18.9 Å². The molecule has 0 radical (unpaired) electrons. The summed E-state index contributed by atoms with van der Waals surface area (Å²) in [6.07, 6.45) is -5.05. The summed E-state index contributed by atoms with van der Waals surface area (Å²) in [5, 5.41) is 14.9. The number of primary sulfonamides is 1. The highest BCUT2D eigenvalue weighted by atomic mass is 32.2. The van der Waals surface area contributed by atoms with Crippen molar-refractivity contribution in [3.63, 3.8) is 0 Å². The van der Waals surface area contributed by atoms with Gasteiger partial charge in [0.25, 0.3) is 5.69 Å². The van der Waals surface area contributed by atoms with E-state index < -0.39 is 37.3 Å². The van der Waals surface area contributed by atoms with E-state index in [1.807, 2.05) is 0 Å². The minimum Gasteiger partial charge on any atom is -0.258 e. The third-order valence-electron chi connectivity index (χ3n) is 1.79. The number of rotatable bonds is 2. The standard InChI is InChI=1S/C7H5F3N2O4S/c8-7(9,10)5-3-4(12(13)14)1-2-6(5)17(11,15)16/h1-3H,(H2,11,15,16). The second kappa shape index (κ2) is 3.96. The topological polar surface area (TPSA) is 103 Å². The van der Waals surface area contributed by atoms with E-state index in [0.29, 0.717) is 12.1 Å². The molecule has 0 saturated heterocycles. The van der Waals surface area contributed by atoms with E-state index >= 15 is 0 Å². The molecule has 6 nitrogen and oxygen atoms in total. The van der Waals surface area contributed by atoms with Crippen LogP contribution in [0, 0.1) is 10.1 Å². The molecule has 0 aliphatic rings. The first-order chi connectivity index (χ1) is 7.53. The predicted molar refractivity (Wildman–Crippen MR) is 49.5 cm³/mol. The van der Waals surface area contributed by atoms with E-state index in [-0.39, 0.29) is 6.07 Å². The van der Waals surface area contributed by atoms with Gasteiger partial charge in [-0.25, -0.2) is 13.6 Å². The molecule has 0 amide bonds. The Balaban J connectivity index is 3.60. The van der Waals surface area contributed by atoms with Gasteiger partial charge in [-0.1, -0.05) is 0 Å². The number of benzene rings is 1. The average molecular weight is 270 g/mol. The molecule has 0 bridgehead atoms. The third kappa shape index (κ3) is 2.91. The highest BCUT2D eigenvalue weighted by Gasteiger charge is 2.37. The van der Waals surface area contributed by atoms with Crippen LogP contribution in [-0.4, -0.2) is 13.3 Å². The number of hydrogen-bond acceptors (Lipinski definition) is 4. The highest BCUT2D eigenvalue weighted by molar-refractivity contribution is 7.89. The Hall–Kier alpha value is -1.68. The smallest absolute Gasteiger partial charge is 0.258 e. The first-order valence-corrected chi connectivity index (χ1v) is 5.46. The molecule has 10 heteroatoms. The van der Waals surface area contributed by atoms with Gasteiger partial charge in [-0.15, -0.1) is 0 Å². The summed E-state index contributed by atoms with van der Waals surface area (Å²) < 4.78 is 59.2. The molecule has 0 aliphatic carbocycles. The normalized spacial score (nSPS) is 12.5. The van der Waals surface area contributed by atoms with Crippen LogP contribution in [0.5, 0.6) is 0 Å². The fourth-order valence-electron chi connectivity index (χ4n) is 1.10. The van der Waals surface area contributed by atoms with Crippen molar-refractivity contribution in [3.8, 4) is 0 Å². The van der Waals surface area contributed by atoms with Crippen LogP contribution in [0.25, 0.3) is 0 Å². The van der Waals surface area contributed by atoms with Gasteiger partial charge in [0.05, 0.1) is 15.4 Å². The van der Waals surface area contributed by atoms with E-state index in [4.69, 9.17) is 0 Å². The Morgan fingerprint density at radius 2 is 1.82 bits per heavy atom. The zero-order valence-corrected chi connectivity index (χ0v) is 8.75. The zero-order chi connectivity index (χ0) is 13.4. The number of nitrogens with two attached hydrogens (primary N) is 1. The third-order valence-corrected chi connectivity index (χ3v) is 2.75. The van der Waals surface area contributed by atoms with E-state index in [2.05, 4.69) is 5.14 Å². The molecule has 2 N–H and O–H groups in total. The number of nitro groups is 1. The minimum absolute atomic E-state index is 0.125. The van der Waals surface area contributed by atoms with Gasteiger partial charge in [0, 0.05) is 12.1 Å². The lowest BCUT2D eigenvalue weighted by Crippen LogP contribution is -2.19. The van der Waals surface area contributed by atoms with Crippen molar-refractivity contribution in [3.05, 3.63) is 33.9 Å². The molecule has 0 aromatic heterocycles. The maximum absolute atomic E-state index is 12.5. The Morgan fingerprint density at radius 3 is 2.18 bits per heavy atom. The lowest BCUT2D eigenvalue weighted by Gasteiger charge is -2.10. The van der Waals surface area contributed by atoms with E-state index in [1.54, 1.807) is 0 Å². The van der Waals surface area contributed by atoms with E-state index in [0.717, 1.165) is 0 Å². The van der Waals surface area contributed by atoms with Gasteiger partial charge in [-0.3, -0.25) is 10.1 Å². The quantitative estimate of drug-likeness (QED) is 0.645. The second-order valence-electron chi connectivity index (χ2n) is 2.98. The first kappa shape index (κ1) is 13.4. The second-order valence-corrected chi connectivity index (χ2v) is 4.51. The van der Waals surface area contributed by atoms with Crippen molar-refractivity contribution in [2.24, 2.45) is 5.14 Å². The van der Waals surface area contributed by atoms with Gasteiger partial charge in [-0.2, -0.15) is 13.2 Å². The fourth-order valence-corrected chi connectivity index (χ4v) is 1.84. The van der Waals surface area contributed by atoms with Gasteiger partial charge in [0.1, 0.15) is 0 Å². The number of nitro benzene ring substituents is 1. The molecule has 94 valence electrons. The van der Waals surface area contributed by atoms with Gasteiger partial charge in [0.2, 0.25) is 10.0 Å². The Kier molecular flexibility index (Phi) is 3.12. The minimum atomic E-state index is -5.05. The summed E-state index contributed by atoms with van der Waals surface area (Å²) in [6.45, 7) is 0. The molecule has 1 rings (SSSR count). The first-order valence-electron chi connectivity index (χ1n) is 3.92.